The molecule has 0 saturated heterocycles. The Balaban J connectivity index is 1.71. The summed E-state index contributed by atoms with van der Waals surface area (Å²) in [5.41, 5.74) is 2.47. The number of benzene rings is 2. The minimum Gasteiger partial charge on any atom is -0.477 e. The summed E-state index contributed by atoms with van der Waals surface area (Å²) in [7, 11) is -3.83. The van der Waals surface area contributed by atoms with Crippen LogP contribution >= 0.6 is 0 Å². The summed E-state index contributed by atoms with van der Waals surface area (Å²) >= 11 is 0. The van der Waals surface area contributed by atoms with E-state index in [2.05, 4.69) is 15.0 Å². The molecule has 162 valence electrons. The van der Waals surface area contributed by atoms with Crippen LogP contribution in [0.2, 0.25) is 0 Å². The Kier molecular flexibility index (Phi) is 7.25. The van der Waals surface area contributed by atoms with Crippen molar-refractivity contribution in [2.45, 2.75) is 31.7 Å². The number of aryl methyl sites for hydroxylation is 1. The van der Waals surface area contributed by atoms with Crippen LogP contribution in [0, 0.1) is 6.92 Å². The molecule has 0 aliphatic rings. The predicted molar refractivity (Wildman–Crippen MR) is 120 cm³/mol. The Morgan fingerprint density at radius 3 is 2.58 bits per heavy atom. The molecule has 0 fully saturated rings. The average Bonchev–Trinajstić information content (AvgIpc) is 2.78. The second kappa shape index (κ2) is 10.1. The van der Waals surface area contributed by atoms with Gasteiger partial charge in [0.05, 0.1) is 11.5 Å². The first-order valence-corrected chi connectivity index (χ1v) is 11.4. The van der Waals surface area contributed by atoms with Crippen LogP contribution in [0.5, 0.6) is 5.88 Å². The standard InChI is InChI=1S/C23H25N3O4S/c1-3-14-30-23-19(7-5-13-24-23)16-25-22(27)18-6-4-8-21(15-18)31(28,29)26-20-11-9-17(2)10-12-20/h4-13,15,26H,3,14,16H2,1-2H3,(H,25,27). The number of anilines is 1. The zero-order valence-electron chi connectivity index (χ0n) is 17.5. The van der Waals surface area contributed by atoms with Crippen LogP contribution in [0.4, 0.5) is 5.69 Å². The summed E-state index contributed by atoms with van der Waals surface area (Å²) in [4.78, 5) is 16.8. The summed E-state index contributed by atoms with van der Waals surface area (Å²) in [5, 5.41) is 2.79. The number of ether oxygens (including phenoxy) is 1. The number of carbonyl (C=O) groups excluding carboxylic acids is 1. The quantitative estimate of drug-likeness (QED) is 0.527. The van der Waals surface area contributed by atoms with Crippen molar-refractivity contribution in [1.82, 2.24) is 10.3 Å². The van der Waals surface area contributed by atoms with Gasteiger partial charge >= 0.3 is 0 Å². The monoisotopic (exact) mass is 439 g/mol. The highest BCUT2D eigenvalue weighted by Crippen LogP contribution is 2.18. The predicted octanol–water partition coefficient (Wildman–Crippen LogP) is 3.91. The molecule has 3 aromatic rings. The Morgan fingerprint density at radius 2 is 1.84 bits per heavy atom. The van der Waals surface area contributed by atoms with E-state index in [1.807, 2.05) is 32.0 Å². The molecule has 0 aliphatic heterocycles. The first-order valence-electron chi connectivity index (χ1n) is 9.93. The van der Waals surface area contributed by atoms with E-state index in [0.717, 1.165) is 17.5 Å². The van der Waals surface area contributed by atoms with Gasteiger partial charge in [-0.25, -0.2) is 13.4 Å². The average molecular weight is 440 g/mol. The molecule has 0 bridgehead atoms. The van der Waals surface area contributed by atoms with E-state index >= 15 is 0 Å². The lowest BCUT2D eigenvalue weighted by Crippen LogP contribution is -2.24. The Hall–Kier alpha value is -3.39. The van der Waals surface area contributed by atoms with Gasteiger partial charge in [0, 0.05) is 29.6 Å². The number of amides is 1. The van der Waals surface area contributed by atoms with Crippen LogP contribution < -0.4 is 14.8 Å². The third-order valence-corrected chi connectivity index (χ3v) is 5.82. The van der Waals surface area contributed by atoms with Gasteiger partial charge in [0.1, 0.15) is 0 Å². The fraction of sp³-hybridized carbons (Fsp3) is 0.217. The van der Waals surface area contributed by atoms with Crippen LogP contribution in [0.3, 0.4) is 0 Å². The molecule has 1 heterocycles. The Morgan fingerprint density at radius 1 is 1.06 bits per heavy atom. The van der Waals surface area contributed by atoms with Gasteiger partial charge in [0.25, 0.3) is 15.9 Å². The minimum absolute atomic E-state index is 0.00840. The molecule has 1 amide bonds. The van der Waals surface area contributed by atoms with Crippen LogP contribution in [0.25, 0.3) is 0 Å². The van der Waals surface area contributed by atoms with Gasteiger partial charge < -0.3 is 10.1 Å². The third kappa shape index (κ3) is 6.05. The van der Waals surface area contributed by atoms with Crippen LogP contribution in [0.15, 0.2) is 71.8 Å². The number of sulfonamides is 1. The fourth-order valence-electron chi connectivity index (χ4n) is 2.81. The van der Waals surface area contributed by atoms with Crippen molar-refractivity contribution in [2.75, 3.05) is 11.3 Å². The molecule has 31 heavy (non-hydrogen) atoms. The lowest BCUT2D eigenvalue weighted by molar-refractivity contribution is 0.0950. The van der Waals surface area contributed by atoms with Crippen molar-refractivity contribution in [3.05, 3.63) is 83.6 Å². The maximum absolute atomic E-state index is 12.7. The van der Waals surface area contributed by atoms with Crippen molar-refractivity contribution in [1.29, 1.82) is 0 Å². The Bertz CT molecular complexity index is 1150. The van der Waals surface area contributed by atoms with Crippen molar-refractivity contribution in [3.63, 3.8) is 0 Å². The fourth-order valence-corrected chi connectivity index (χ4v) is 3.91. The normalized spacial score (nSPS) is 11.0. The number of carbonyl (C=O) groups is 1. The van der Waals surface area contributed by atoms with Gasteiger partial charge in [0.2, 0.25) is 5.88 Å². The molecule has 0 aliphatic carbocycles. The van der Waals surface area contributed by atoms with Crippen molar-refractivity contribution in [3.8, 4) is 5.88 Å². The maximum Gasteiger partial charge on any atom is 0.261 e. The van der Waals surface area contributed by atoms with E-state index in [-0.39, 0.29) is 17.0 Å². The second-order valence-electron chi connectivity index (χ2n) is 7.00. The summed E-state index contributed by atoms with van der Waals surface area (Å²) < 4.78 is 33.6. The first-order chi connectivity index (χ1) is 14.9. The van der Waals surface area contributed by atoms with Gasteiger partial charge in [-0.2, -0.15) is 0 Å². The van der Waals surface area contributed by atoms with Gasteiger partial charge in [-0.1, -0.05) is 36.8 Å². The number of pyridine rings is 1. The van der Waals surface area contributed by atoms with E-state index in [9.17, 15) is 13.2 Å². The number of hydrogen-bond donors (Lipinski definition) is 2. The summed E-state index contributed by atoms with van der Waals surface area (Å²) in [6.07, 6.45) is 2.48. The molecule has 0 radical (unpaired) electrons. The molecule has 1 aromatic heterocycles. The minimum atomic E-state index is -3.83. The number of rotatable bonds is 9. The van der Waals surface area contributed by atoms with E-state index in [4.69, 9.17) is 4.74 Å². The highest BCUT2D eigenvalue weighted by molar-refractivity contribution is 7.92. The highest BCUT2D eigenvalue weighted by Gasteiger charge is 2.17. The summed E-state index contributed by atoms with van der Waals surface area (Å²) in [6, 6.07) is 16.5. The number of hydrogen-bond acceptors (Lipinski definition) is 5. The summed E-state index contributed by atoms with van der Waals surface area (Å²) in [5.74, 6) is 0.0842. The van der Waals surface area contributed by atoms with Crippen LogP contribution in [-0.2, 0) is 16.6 Å². The topological polar surface area (TPSA) is 97.4 Å². The van der Waals surface area contributed by atoms with E-state index in [0.29, 0.717) is 18.2 Å². The van der Waals surface area contributed by atoms with E-state index < -0.39 is 15.9 Å². The number of nitrogens with zero attached hydrogens (tertiary/aromatic N) is 1. The zero-order chi connectivity index (χ0) is 22.3. The zero-order valence-corrected chi connectivity index (χ0v) is 18.3. The Labute approximate surface area is 182 Å². The molecular formula is C23H25N3O4S. The van der Waals surface area contributed by atoms with Gasteiger partial charge in [-0.15, -0.1) is 0 Å². The van der Waals surface area contributed by atoms with Gasteiger partial charge in [-0.05, 0) is 49.7 Å². The van der Waals surface area contributed by atoms with Crippen LogP contribution in [-0.4, -0.2) is 25.9 Å². The molecule has 7 nitrogen and oxygen atoms in total. The number of aromatic nitrogens is 1. The maximum atomic E-state index is 12.7. The largest absolute Gasteiger partial charge is 0.477 e. The van der Waals surface area contributed by atoms with Gasteiger partial charge in [-0.3, -0.25) is 9.52 Å². The molecular weight excluding hydrogens is 414 g/mol. The van der Waals surface area contributed by atoms with Crippen molar-refractivity contribution < 1.29 is 17.9 Å². The first kappa shape index (κ1) is 22.3. The molecule has 8 heteroatoms. The SMILES string of the molecule is CCCOc1ncccc1CNC(=O)c1cccc(S(=O)(=O)Nc2ccc(C)cc2)c1. The molecule has 0 saturated carbocycles. The molecule has 0 unspecified atom stereocenters. The molecule has 0 spiro atoms. The third-order valence-electron chi connectivity index (χ3n) is 4.44. The van der Waals surface area contributed by atoms with Crippen molar-refractivity contribution >= 4 is 21.6 Å². The number of nitrogens with one attached hydrogen (secondary N) is 2. The molecule has 2 N–H and O–H groups in total. The lowest BCUT2D eigenvalue weighted by atomic mass is 10.2. The molecule has 0 atom stereocenters. The lowest BCUT2D eigenvalue weighted by Gasteiger charge is -2.12. The smallest absolute Gasteiger partial charge is 0.261 e. The van der Waals surface area contributed by atoms with Crippen molar-refractivity contribution in [2.24, 2.45) is 0 Å². The van der Waals surface area contributed by atoms with E-state index in [1.54, 1.807) is 36.5 Å². The molecule has 2 aromatic carbocycles. The second-order valence-corrected chi connectivity index (χ2v) is 8.68. The highest BCUT2D eigenvalue weighted by atomic mass is 32.2. The van der Waals surface area contributed by atoms with Crippen LogP contribution in [0.1, 0.15) is 34.8 Å². The van der Waals surface area contributed by atoms with E-state index in [1.165, 1.54) is 12.1 Å². The molecule has 3 rings (SSSR count). The van der Waals surface area contributed by atoms with Gasteiger partial charge in [0.15, 0.2) is 0 Å². The summed E-state index contributed by atoms with van der Waals surface area (Å²) in [6.45, 7) is 4.67.